The zero-order chi connectivity index (χ0) is 5.21. The monoisotopic (exact) mass is 133 g/mol. The Bertz CT molecular complexity index is 41.3. The molecule has 0 saturated carbocycles. The average Bonchev–Trinajstić information content (AvgIpc) is 1.35. The summed E-state index contributed by atoms with van der Waals surface area (Å²) in [6, 6.07) is 0. The standard InChI is InChI=1S/CCl2FO2/c2-1(3,4)6-5. The molecule has 0 aromatic heterocycles. The highest BCUT2D eigenvalue weighted by atomic mass is 35.5. The third-order valence-corrected chi connectivity index (χ3v) is 0.220. The fourth-order valence-electron chi connectivity index (χ4n) is 0. The van der Waals surface area contributed by atoms with Crippen LogP contribution in [0.25, 0.3) is 0 Å². The van der Waals surface area contributed by atoms with E-state index in [1.54, 1.807) is 0 Å². The fourth-order valence-corrected chi connectivity index (χ4v) is 0. The molecule has 0 bridgehead atoms. The molecule has 1 radical (unpaired) electrons. The summed E-state index contributed by atoms with van der Waals surface area (Å²) in [6.07, 6.45) is 0. The van der Waals surface area contributed by atoms with E-state index in [0.29, 0.717) is 0 Å². The Labute approximate surface area is 43.3 Å². The van der Waals surface area contributed by atoms with Crippen LogP contribution in [0.4, 0.5) is 4.39 Å². The molecule has 0 spiro atoms. The number of rotatable bonds is 1. The van der Waals surface area contributed by atoms with Gasteiger partial charge in [-0.3, -0.25) is 0 Å². The van der Waals surface area contributed by atoms with Gasteiger partial charge in [0.2, 0.25) is 0 Å². The van der Waals surface area contributed by atoms with Gasteiger partial charge in [0.1, 0.15) is 0 Å². The second kappa shape index (κ2) is 1.93. The number of alkyl halides is 3. The van der Waals surface area contributed by atoms with Crippen LogP contribution in [0, 0.1) is 0 Å². The summed E-state index contributed by atoms with van der Waals surface area (Å²) < 4.78 is 8.04. The Balaban J connectivity index is 3.17. The molecule has 0 N–H and O–H groups in total. The quantitative estimate of drug-likeness (QED) is 0.302. The molecule has 0 unspecified atom stereocenters. The minimum Gasteiger partial charge on any atom is -0.173 e. The normalized spacial score (nSPS) is 12.0. The van der Waals surface area contributed by atoms with E-state index >= 15 is 0 Å². The first-order valence-corrected chi connectivity index (χ1v) is 1.69. The Kier molecular flexibility index (Phi) is 2.07. The van der Waals surface area contributed by atoms with E-state index in [9.17, 15) is 4.39 Å². The summed E-state index contributed by atoms with van der Waals surface area (Å²) in [6.45, 7) is 0. The van der Waals surface area contributed by atoms with Gasteiger partial charge in [0, 0.05) is 0 Å². The first kappa shape index (κ1) is 6.43. The fraction of sp³-hybridized carbons (Fsp3) is 1.00. The van der Waals surface area contributed by atoms with Crippen molar-refractivity contribution < 1.29 is 14.5 Å². The minimum atomic E-state index is -3.07. The van der Waals surface area contributed by atoms with Crippen molar-refractivity contribution in [2.45, 2.75) is 4.77 Å². The zero-order valence-corrected chi connectivity index (χ0v) is 3.96. The molecule has 5 heteroatoms. The maximum Gasteiger partial charge on any atom is 0.396 e. The highest BCUT2D eigenvalue weighted by molar-refractivity contribution is 6.45. The maximum atomic E-state index is 11.1. The summed E-state index contributed by atoms with van der Waals surface area (Å²) in [4.78, 5) is 2.55. The van der Waals surface area contributed by atoms with Crippen molar-refractivity contribution in [2.75, 3.05) is 0 Å². The first-order valence-electron chi connectivity index (χ1n) is 0.938. The maximum absolute atomic E-state index is 11.1. The molecule has 0 aliphatic carbocycles. The van der Waals surface area contributed by atoms with E-state index in [0.717, 1.165) is 0 Å². The average molecular weight is 134 g/mol. The molecule has 0 amide bonds. The van der Waals surface area contributed by atoms with Crippen molar-refractivity contribution in [3.05, 3.63) is 0 Å². The minimum absolute atomic E-state index is 2.55. The highest BCUT2D eigenvalue weighted by Crippen LogP contribution is 2.21. The van der Waals surface area contributed by atoms with Gasteiger partial charge in [0.15, 0.2) is 0 Å². The van der Waals surface area contributed by atoms with Gasteiger partial charge >= 0.3 is 4.77 Å². The van der Waals surface area contributed by atoms with Crippen molar-refractivity contribution >= 4 is 23.2 Å². The van der Waals surface area contributed by atoms with E-state index in [4.69, 9.17) is 5.26 Å². The predicted octanol–water partition coefficient (Wildman–Crippen LogP) is 1.41. The summed E-state index contributed by atoms with van der Waals surface area (Å²) in [5.74, 6) is 0. The van der Waals surface area contributed by atoms with Crippen LogP contribution in [0.5, 0.6) is 0 Å². The van der Waals surface area contributed by atoms with Gasteiger partial charge in [-0.25, -0.2) is 0 Å². The van der Waals surface area contributed by atoms with Crippen molar-refractivity contribution in [3.63, 3.8) is 0 Å². The van der Waals surface area contributed by atoms with Crippen LogP contribution < -0.4 is 0 Å². The second-order valence-corrected chi connectivity index (χ2v) is 1.69. The molecule has 37 valence electrons. The summed E-state index contributed by atoms with van der Waals surface area (Å²) in [5.41, 5.74) is 0. The molecular formula is CCl2FO2. The third-order valence-electron chi connectivity index (χ3n) is 0.0945. The lowest BCUT2D eigenvalue weighted by atomic mass is 11.6. The number of hydrogen-bond donors (Lipinski definition) is 0. The highest BCUT2D eigenvalue weighted by Gasteiger charge is 2.23. The van der Waals surface area contributed by atoms with Gasteiger partial charge < -0.3 is 0 Å². The molecule has 0 fully saturated rings. The molecule has 2 nitrogen and oxygen atoms in total. The van der Waals surface area contributed by atoms with Gasteiger partial charge in [-0.2, -0.15) is 4.39 Å². The molecular weight excluding hydrogens is 134 g/mol. The van der Waals surface area contributed by atoms with Crippen LogP contribution in [0.1, 0.15) is 0 Å². The van der Waals surface area contributed by atoms with E-state index < -0.39 is 4.77 Å². The van der Waals surface area contributed by atoms with Crippen LogP contribution in [0.15, 0.2) is 0 Å². The Morgan fingerprint density at radius 2 is 1.83 bits per heavy atom. The Morgan fingerprint density at radius 1 is 1.67 bits per heavy atom. The molecule has 0 heterocycles. The Hall–Kier alpha value is 0.430. The lowest BCUT2D eigenvalue weighted by Crippen LogP contribution is -2.04. The molecule has 0 aromatic carbocycles. The number of halogens is 3. The molecule has 0 aliphatic heterocycles. The zero-order valence-electron chi connectivity index (χ0n) is 2.45. The SMILES string of the molecule is [O]OC(F)(Cl)Cl. The van der Waals surface area contributed by atoms with Gasteiger partial charge in [0.25, 0.3) is 0 Å². The Morgan fingerprint density at radius 3 is 1.83 bits per heavy atom. The first-order chi connectivity index (χ1) is 2.56. The van der Waals surface area contributed by atoms with E-state index in [1.807, 2.05) is 0 Å². The lowest BCUT2D eigenvalue weighted by molar-refractivity contribution is -0.355. The van der Waals surface area contributed by atoms with E-state index in [2.05, 4.69) is 28.1 Å². The number of hydrogen-bond acceptors (Lipinski definition) is 1. The summed E-state index contributed by atoms with van der Waals surface area (Å²) >= 11 is 8.56. The topological polar surface area (TPSA) is 29.1 Å². The van der Waals surface area contributed by atoms with E-state index in [1.165, 1.54) is 0 Å². The molecule has 0 aromatic rings. The molecule has 0 atom stereocenters. The summed E-state index contributed by atoms with van der Waals surface area (Å²) in [7, 11) is 0. The predicted molar refractivity (Wildman–Crippen MR) is 17.3 cm³/mol. The van der Waals surface area contributed by atoms with Crippen molar-refractivity contribution in [1.82, 2.24) is 0 Å². The van der Waals surface area contributed by atoms with Gasteiger partial charge in [-0.15, -0.1) is 4.89 Å². The van der Waals surface area contributed by atoms with Crippen LogP contribution >= 0.6 is 23.2 Å². The van der Waals surface area contributed by atoms with Crippen molar-refractivity contribution in [2.24, 2.45) is 0 Å². The smallest absolute Gasteiger partial charge is 0.173 e. The molecule has 0 saturated heterocycles. The van der Waals surface area contributed by atoms with Crippen LogP contribution in [0.2, 0.25) is 0 Å². The molecule has 6 heavy (non-hydrogen) atoms. The lowest BCUT2D eigenvalue weighted by Gasteiger charge is -1.96. The summed E-state index contributed by atoms with van der Waals surface area (Å²) in [5, 5.41) is 8.81. The second-order valence-electron chi connectivity index (χ2n) is 0.529. The van der Waals surface area contributed by atoms with Crippen LogP contribution in [-0.2, 0) is 10.1 Å². The van der Waals surface area contributed by atoms with E-state index in [-0.39, 0.29) is 0 Å². The van der Waals surface area contributed by atoms with Gasteiger partial charge in [-0.05, 0) is 28.5 Å². The van der Waals surface area contributed by atoms with Gasteiger partial charge in [0.05, 0.1) is 0 Å². The van der Waals surface area contributed by atoms with Crippen LogP contribution in [0.3, 0.4) is 0 Å². The largest absolute Gasteiger partial charge is 0.396 e. The van der Waals surface area contributed by atoms with Crippen LogP contribution in [-0.4, -0.2) is 4.77 Å². The third kappa shape index (κ3) is 4.43. The van der Waals surface area contributed by atoms with Crippen molar-refractivity contribution in [3.8, 4) is 0 Å². The van der Waals surface area contributed by atoms with Gasteiger partial charge in [-0.1, -0.05) is 0 Å². The molecule has 0 rings (SSSR count). The van der Waals surface area contributed by atoms with Crippen molar-refractivity contribution in [1.29, 1.82) is 0 Å². The molecule has 0 aliphatic rings.